The Morgan fingerprint density at radius 3 is 2.65 bits per heavy atom. The lowest BCUT2D eigenvalue weighted by molar-refractivity contribution is 0.355. The van der Waals surface area contributed by atoms with Crippen LogP contribution in [0.3, 0.4) is 0 Å². The van der Waals surface area contributed by atoms with E-state index in [1.165, 1.54) is 25.3 Å². The molecule has 0 fully saturated rings. The van der Waals surface area contributed by atoms with Crippen molar-refractivity contribution in [3.05, 3.63) is 42.2 Å². The number of aromatic amines is 1. The Balaban J connectivity index is 1.80. The van der Waals surface area contributed by atoms with Gasteiger partial charge in [0.15, 0.2) is 17.2 Å². The maximum Gasteiger partial charge on any atom is 0.218 e. The fraction of sp³-hybridized carbons (Fsp3) is 0.118. The number of methoxy groups -OCH3 is 2. The molecule has 1 aromatic heterocycles. The molecule has 3 aromatic rings. The quantitative estimate of drug-likeness (QED) is 0.462. The highest BCUT2D eigenvalue weighted by Gasteiger charge is 2.11. The average Bonchev–Trinajstić information content (AvgIpc) is 2.94. The first-order valence-electron chi connectivity index (χ1n) is 7.46. The number of nitrogens with one attached hydrogen (secondary N) is 2. The number of ether oxygens (including phenoxy) is 2. The molecule has 0 radical (unpaired) electrons. The molecule has 0 aliphatic carbocycles. The second-order valence-electron chi connectivity index (χ2n) is 5.21. The van der Waals surface area contributed by atoms with Crippen molar-refractivity contribution in [2.24, 2.45) is 10.2 Å². The predicted octanol–water partition coefficient (Wildman–Crippen LogP) is 4.51. The van der Waals surface area contributed by atoms with Crippen molar-refractivity contribution in [2.45, 2.75) is 0 Å². The second kappa shape index (κ2) is 7.36. The second-order valence-corrected chi connectivity index (χ2v) is 5.60. The minimum absolute atomic E-state index is 0.0578. The van der Waals surface area contributed by atoms with E-state index in [-0.39, 0.29) is 16.7 Å². The zero-order chi connectivity index (χ0) is 18.7. The summed E-state index contributed by atoms with van der Waals surface area (Å²) in [7, 11) is 3.07. The molecule has 26 heavy (non-hydrogen) atoms. The maximum atomic E-state index is 13.4. The molecule has 0 atom stereocenters. The molecule has 0 saturated heterocycles. The van der Waals surface area contributed by atoms with Gasteiger partial charge in [0.05, 0.1) is 19.7 Å². The summed E-state index contributed by atoms with van der Waals surface area (Å²) in [6.45, 7) is 0. The number of hydrogen-bond donors (Lipinski definition) is 3. The number of hydrogen-bond acceptors (Lipinski definition) is 5. The summed E-state index contributed by atoms with van der Waals surface area (Å²) < 4.78 is 23.8. The average molecular weight is 374 g/mol. The Morgan fingerprint density at radius 1 is 1.15 bits per heavy atom. The molecule has 0 bridgehead atoms. The van der Waals surface area contributed by atoms with Crippen LogP contribution >= 0.6 is 12.2 Å². The summed E-state index contributed by atoms with van der Waals surface area (Å²) in [5.74, 6) is 0.445. The number of benzene rings is 2. The number of rotatable bonds is 4. The van der Waals surface area contributed by atoms with E-state index in [0.717, 1.165) is 0 Å². The van der Waals surface area contributed by atoms with Gasteiger partial charge in [-0.05, 0) is 42.5 Å². The first kappa shape index (κ1) is 17.6. The van der Waals surface area contributed by atoms with Crippen molar-refractivity contribution < 1.29 is 19.0 Å². The van der Waals surface area contributed by atoms with Crippen LogP contribution in [0.5, 0.6) is 17.4 Å². The summed E-state index contributed by atoms with van der Waals surface area (Å²) in [6, 6.07) is 9.19. The fourth-order valence-electron chi connectivity index (χ4n) is 2.39. The molecule has 0 aliphatic rings. The van der Waals surface area contributed by atoms with Crippen molar-refractivity contribution in [2.75, 3.05) is 19.5 Å². The van der Waals surface area contributed by atoms with Gasteiger partial charge in [-0.3, -0.25) is 0 Å². The van der Waals surface area contributed by atoms with Crippen LogP contribution < -0.4 is 14.8 Å². The minimum atomic E-state index is -0.445. The first-order chi connectivity index (χ1) is 12.5. The lowest BCUT2D eigenvalue weighted by Crippen LogP contribution is -2.05. The number of aromatic hydroxyl groups is 1. The lowest BCUT2D eigenvalue weighted by Gasteiger charge is -2.09. The maximum absolute atomic E-state index is 13.4. The van der Waals surface area contributed by atoms with Crippen LogP contribution in [0.1, 0.15) is 0 Å². The zero-order valence-corrected chi connectivity index (χ0v) is 14.7. The van der Waals surface area contributed by atoms with E-state index < -0.39 is 5.82 Å². The smallest absolute Gasteiger partial charge is 0.218 e. The first-order valence-corrected chi connectivity index (χ1v) is 7.87. The Morgan fingerprint density at radius 2 is 1.92 bits per heavy atom. The molecule has 0 saturated carbocycles. The van der Waals surface area contributed by atoms with Gasteiger partial charge in [-0.25, -0.2) is 4.39 Å². The molecule has 3 rings (SSSR count). The molecule has 7 nitrogen and oxygen atoms in total. The van der Waals surface area contributed by atoms with Gasteiger partial charge in [0, 0.05) is 17.1 Å². The normalized spacial score (nSPS) is 11.0. The molecular formula is C17H15FN4O3S. The lowest BCUT2D eigenvalue weighted by atomic mass is 10.2. The molecule has 2 aromatic carbocycles. The number of halogens is 1. The van der Waals surface area contributed by atoms with Crippen molar-refractivity contribution in [1.82, 2.24) is 4.98 Å². The fourth-order valence-corrected chi connectivity index (χ4v) is 2.55. The van der Waals surface area contributed by atoms with Gasteiger partial charge in [0.25, 0.3) is 0 Å². The van der Waals surface area contributed by atoms with Gasteiger partial charge in [0.1, 0.15) is 5.82 Å². The third kappa shape index (κ3) is 3.57. The van der Waals surface area contributed by atoms with Crippen LogP contribution in [-0.4, -0.2) is 29.4 Å². The van der Waals surface area contributed by atoms with E-state index in [1.807, 2.05) is 0 Å². The zero-order valence-electron chi connectivity index (χ0n) is 13.9. The number of H-pyrrole nitrogens is 1. The van der Waals surface area contributed by atoms with Gasteiger partial charge >= 0.3 is 0 Å². The highest BCUT2D eigenvalue weighted by molar-refractivity contribution is 7.80. The summed E-state index contributed by atoms with van der Waals surface area (Å²) >= 11 is 5.13. The number of thiocarbonyl (C=S) groups is 1. The highest BCUT2D eigenvalue weighted by atomic mass is 32.1. The Kier molecular flexibility index (Phi) is 4.99. The summed E-state index contributed by atoms with van der Waals surface area (Å²) in [6.07, 6.45) is 0. The number of fused-ring (bicyclic) bond motifs is 1. The van der Waals surface area contributed by atoms with Crippen LogP contribution in [-0.2, 0) is 0 Å². The van der Waals surface area contributed by atoms with Gasteiger partial charge in [-0.1, -0.05) is 0 Å². The molecule has 3 N–H and O–H groups in total. The van der Waals surface area contributed by atoms with E-state index in [0.29, 0.717) is 28.1 Å². The monoisotopic (exact) mass is 374 g/mol. The molecule has 0 aliphatic heterocycles. The van der Waals surface area contributed by atoms with E-state index in [2.05, 4.69) is 20.5 Å². The topological polar surface area (TPSA) is 91.2 Å². The van der Waals surface area contributed by atoms with E-state index >= 15 is 0 Å². The third-order valence-corrected chi connectivity index (χ3v) is 3.77. The number of azo groups is 1. The van der Waals surface area contributed by atoms with Crippen LogP contribution in [0.15, 0.2) is 46.6 Å². The standard InChI is InChI=1S/C17H15FN4O3S/c1-24-13-6-4-10(8-14(13)25-2)19-17(26)22-21-15-11-7-9(18)3-5-12(11)20-16(15)23/h3-8,20,23H,1-2H3,(H,19,26). The number of anilines is 1. The van der Waals surface area contributed by atoms with Crippen LogP contribution in [0.4, 0.5) is 15.8 Å². The molecule has 0 spiro atoms. The van der Waals surface area contributed by atoms with Gasteiger partial charge < -0.3 is 24.9 Å². The van der Waals surface area contributed by atoms with E-state index in [1.54, 1.807) is 25.3 Å². The van der Waals surface area contributed by atoms with Gasteiger partial charge in [0.2, 0.25) is 11.0 Å². The molecule has 134 valence electrons. The largest absolute Gasteiger partial charge is 0.493 e. The Bertz CT molecular complexity index is 1000. The summed E-state index contributed by atoms with van der Waals surface area (Å²) in [5, 5.41) is 21.1. The van der Waals surface area contributed by atoms with Gasteiger partial charge in [-0.2, -0.15) is 0 Å². The molecule has 9 heteroatoms. The Labute approximate surface area is 153 Å². The third-order valence-electron chi connectivity index (χ3n) is 3.59. The van der Waals surface area contributed by atoms with Crippen LogP contribution in [0.2, 0.25) is 0 Å². The van der Waals surface area contributed by atoms with Crippen molar-refractivity contribution in [3.8, 4) is 17.4 Å². The van der Waals surface area contributed by atoms with Crippen molar-refractivity contribution >= 4 is 39.6 Å². The van der Waals surface area contributed by atoms with Crippen LogP contribution in [0.25, 0.3) is 10.9 Å². The van der Waals surface area contributed by atoms with Crippen LogP contribution in [0, 0.1) is 5.82 Å². The SMILES string of the molecule is COc1ccc(NC(=S)N=Nc2c(O)[nH]c3ccc(F)cc23)cc1OC. The minimum Gasteiger partial charge on any atom is -0.493 e. The molecule has 0 amide bonds. The summed E-state index contributed by atoms with van der Waals surface area (Å²) in [4.78, 5) is 2.70. The molecular weight excluding hydrogens is 359 g/mol. The number of nitrogens with zero attached hydrogens (tertiary/aromatic N) is 2. The Hall–Kier alpha value is -3.20. The number of aromatic nitrogens is 1. The highest BCUT2D eigenvalue weighted by Crippen LogP contribution is 2.36. The predicted molar refractivity (Wildman–Crippen MR) is 100 cm³/mol. The van der Waals surface area contributed by atoms with Crippen molar-refractivity contribution in [1.29, 1.82) is 0 Å². The molecule has 0 unspecified atom stereocenters. The summed E-state index contributed by atoms with van der Waals surface area (Å²) in [5.41, 5.74) is 1.27. The molecule has 1 heterocycles. The van der Waals surface area contributed by atoms with Gasteiger partial charge in [-0.15, -0.1) is 10.2 Å². The van der Waals surface area contributed by atoms with E-state index in [4.69, 9.17) is 21.7 Å². The van der Waals surface area contributed by atoms with Crippen molar-refractivity contribution in [3.63, 3.8) is 0 Å². The van der Waals surface area contributed by atoms with E-state index in [9.17, 15) is 9.50 Å².